The molecule has 0 saturated heterocycles. The molecule has 0 aliphatic heterocycles. The van der Waals surface area contributed by atoms with E-state index < -0.39 is 0 Å². The fourth-order valence-electron chi connectivity index (χ4n) is 1.58. The van der Waals surface area contributed by atoms with Crippen LogP contribution in [0.25, 0.3) is 11.5 Å². The van der Waals surface area contributed by atoms with Crippen LogP contribution < -0.4 is 5.32 Å². The molecule has 0 aliphatic carbocycles. The van der Waals surface area contributed by atoms with Crippen molar-refractivity contribution in [1.82, 2.24) is 14.8 Å². The van der Waals surface area contributed by atoms with E-state index in [2.05, 4.69) is 15.4 Å². The van der Waals surface area contributed by atoms with Crippen molar-refractivity contribution >= 4 is 22.4 Å². The van der Waals surface area contributed by atoms with Crippen LogP contribution in [0.2, 0.25) is 0 Å². The third-order valence-corrected chi connectivity index (χ3v) is 3.22. The van der Waals surface area contributed by atoms with E-state index in [0.29, 0.717) is 22.1 Å². The number of aryl methyl sites for hydroxylation is 1. The van der Waals surface area contributed by atoms with Gasteiger partial charge in [0.2, 0.25) is 0 Å². The molecule has 0 spiro atoms. The van der Waals surface area contributed by atoms with Crippen molar-refractivity contribution in [3.05, 3.63) is 41.7 Å². The lowest BCUT2D eigenvalue weighted by atomic mass is 10.3. The summed E-state index contributed by atoms with van der Waals surface area (Å²) in [5, 5.41) is 9.04. The zero-order valence-corrected chi connectivity index (χ0v) is 10.8. The summed E-state index contributed by atoms with van der Waals surface area (Å²) < 4.78 is 6.82. The Hall–Kier alpha value is -2.41. The van der Waals surface area contributed by atoms with Crippen LogP contribution in [0, 0.1) is 0 Å². The van der Waals surface area contributed by atoms with Crippen LogP contribution in [-0.4, -0.2) is 20.7 Å². The second-order valence-electron chi connectivity index (χ2n) is 3.87. The van der Waals surface area contributed by atoms with Crippen molar-refractivity contribution in [1.29, 1.82) is 0 Å². The van der Waals surface area contributed by atoms with Gasteiger partial charge in [0.05, 0.1) is 18.0 Å². The molecular formula is C12H10N4O2S. The molecule has 0 unspecified atom stereocenters. The maximum atomic E-state index is 11.9. The Labute approximate surface area is 112 Å². The second kappa shape index (κ2) is 4.69. The molecule has 3 aromatic heterocycles. The molecule has 6 nitrogen and oxygen atoms in total. The average molecular weight is 274 g/mol. The van der Waals surface area contributed by atoms with Gasteiger partial charge in [0.15, 0.2) is 10.9 Å². The van der Waals surface area contributed by atoms with Gasteiger partial charge < -0.3 is 4.42 Å². The summed E-state index contributed by atoms with van der Waals surface area (Å²) in [6, 6.07) is 3.62. The Balaban J connectivity index is 1.76. The molecule has 3 heterocycles. The van der Waals surface area contributed by atoms with E-state index in [0.717, 1.165) is 0 Å². The summed E-state index contributed by atoms with van der Waals surface area (Å²) in [6.07, 6.45) is 4.75. The third kappa shape index (κ3) is 2.41. The molecule has 0 saturated carbocycles. The van der Waals surface area contributed by atoms with Crippen LogP contribution in [0.4, 0.5) is 5.13 Å². The largest absolute Gasteiger partial charge is 0.463 e. The average Bonchev–Trinajstić information content (AvgIpc) is 3.07. The SMILES string of the molecule is Cn1cc(C(=O)Nc2nc(-c3ccco3)cs2)cn1. The van der Waals surface area contributed by atoms with E-state index in [4.69, 9.17) is 4.42 Å². The third-order valence-electron chi connectivity index (χ3n) is 2.47. The number of hydrogen-bond acceptors (Lipinski definition) is 5. The van der Waals surface area contributed by atoms with E-state index in [1.165, 1.54) is 17.5 Å². The Kier molecular flexibility index (Phi) is 2.88. The van der Waals surface area contributed by atoms with E-state index in [-0.39, 0.29) is 5.91 Å². The Morgan fingerprint density at radius 2 is 2.42 bits per heavy atom. The predicted molar refractivity (Wildman–Crippen MR) is 71.0 cm³/mol. The number of carbonyl (C=O) groups excluding carboxylic acids is 1. The van der Waals surface area contributed by atoms with Gasteiger partial charge in [0.25, 0.3) is 5.91 Å². The maximum Gasteiger partial charge on any atom is 0.260 e. The van der Waals surface area contributed by atoms with Crippen LogP contribution in [0.1, 0.15) is 10.4 Å². The fraction of sp³-hybridized carbons (Fsp3) is 0.0833. The number of furan rings is 1. The zero-order chi connectivity index (χ0) is 13.2. The lowest BCUT2D eigenvalue weighted by molar-refractivity contribution is 0.102. The molecule has 3 rings (SSSR count). The monoisotopic (exact) mass is 274 g/mol. The highest BCUT2D eigenvalue weighted by molar-refractivity contribution is 7.14. The number of hydrogen-bond donors (Lipinski definition) is 1. The normalized spacial score (nSPS) is 10.6. The summed E-state index contributed by atoms with van der Waals surface area (Å²) in [7, 11) is 1.76. The van der Waals surface area contributed by atoms with Crippen LogP contribution in [-0.2, 0) is 7.05 Å². The molecule has 0 radical (unpaired) electrons. The molecular weight excluding hydrogens is 264 g/mol. The van der Waals surface area contributed by atoms with Crippen molar-refractivity contribution < 1.29 is 9.21 Å². The van der Waals surface area contributed by atoms with Gasteiger partial charge >= 0.3 is 0 Å². The van der Waals surface area contributed by atoms with Crippen molar-refractivity contribution in [2.24, 2.45) is 7.05 Å². The number of thiazole rings is 1. The van der Waals surface area contributed by atoms with Gasteiger partial charge in [0.1, 0.15) is 5.69 Å². The fourth-order valence-corrected chi connectivity index (χ4v) is 2.27. The van der Waals surface area contributed by atoms with Crippen molar-refractivity contribution in [2.75, 3.05) is 5.32 Å². The molecule has 3 aromatic rings. The summed E-state index contributed by atoms with van der Waals surface area (Å²) in [4.78, 5) is 16.2. The van der Waals surface area contributed by atoms with Crippen molar-refractivity contribution in [2.45, 2.75) is 0 Å². The summed E-state index contributed by atoms with van der Waals surface area (Å²) in [6.45, 7) is 0. The van der Waals surface area contributed by atoms with Crippen LogP contribution >= 0.6 is 11.3 Å². The van der Waals surface area contributed by atoms with Gasteiger partial charge in [-0.1, -0.05) is 0 Å². The van der Waals surface area contributed by atoms with Crippen molar-refractivity contribution in [3.8, 4) is 11.5 Å². The second-order valence-corrected chi connectivity index (χ2v) is 4.73. The lowest BCUT2D eigenvalue weighted by Crippen LogP contribution is -2.10. The molecule has 0 atom stereocenters. The first-order chi connectivity index (χ1) is 9.22. The number of anilines is 1. The molecule has 96 valence electrons. The molecule has 0 fully saturated rings. The number of carbonyl (C=O) groups is 1. The van der Waals surface area contributed by atoms with Crippen LogP contribution in [0.15, 0.2) is 40.6 Å². The summed E-state index contributed by atoms with van der Waals surface area (Å²) >= 11 is 1.35. The first-order valence-electron chi connectivity index (χ1n) is 5.52. The maximum absolute atomic E-state index is 11.9. The number of nitrogens with one attached hydrogen (secondary N) is 1. The first kappa shape index (κ1) is 11.7. The highest BCUT2D eigenvalue weighted by Gasteiger charge is 2.12. The number of rotatable bonds is 3. The molecule has 0 aromatic carbocycles. The first-order valence-corrected chi connectivity index (χ1v) is 6.40. The van der Waals surface area contributed by atoms with E-state index in [1.807, 2.05) is 11.4 Å². The van der Waals surface area contributed by atoms with Gasteiger partial charge in [-0.2, -0.15) is 5.10 Å². The van der Waals surface area contributed by atoms with E-state index in [9.17, 15) is 4.79 Å². The zero-order valence-electron chi connectivity index (χ0n) is 10.0. The molecule has 1 N–H and O–H groups in total. The van der Waals surface area contributed by atoms with Gasteiger partial charge in [-0.05, 0) is 12.1 Å². The lowest BCUT2D eigenvalue weighted by Gasteiger charge is -1.97. The minimum atomic E-state index is -0.228. The highest BCUT2D eigenvalue weighted by Crippen LogP contribution is 2.25. The number of amides is 1. The predicted octanol–water partition coefficient (Wildman–Crippen LogP) is 2.39. The van der Waals surface area contributed by atoms with Crippen LogP contribution in [0.5, 0.6) is 0 Å². The summed E-state index contributed by atoms with van der Waals surface area (Å²) in [5.74, 6) is 0.451. The molecule has 0 bridgehead atoms. The molecule has 7 heteroatoms. The smallest absolute Gasteiger partial charge is 0.260 e. The van der Waals surface area contributed by atoms with Gasteiger partial charge in [-0.25, -0.2) is 4.98 Å². The Bertz CT molecular complexity index is 699. The van der Waals surface area contributed by atoms with Crippen molar-refractivity contribution in [3.63, 3.8) is 0 Å². The molecule has 1 amide bonds. The Morgan fingerprint density at radius 3 is 3.11 bits per heavy atom. The van der Waals surface area contributed by atoms with E-state index >= 15 is 0 Å². The van der Waals surface area contributed by atoms with Gasteiger partial charge in [-0.15, -0.1) is 11.3 Å². The highest BCUT2D eigenvalue weighted by atomic mass is 32.1. The number of aromatic nitrogens is 3. The quantitative estimate of drug-likeness (QED) is 0.796. The molecule has 0 aliphatic rings. The Morgan fingerprint density at radius 1 is 1.53 bits per heavy atom. The van der Waals surface area contributed by atoms with Crippen LogP contribution in [0.3, 0.4) is 0 Å². The topological polar surface area (TPSA) is 73.0 Å². The van der Waals surface area contributed by atoms with Gasteiger partial charge in [-0.3, -0.25) is 14.8 Å². The molecule has 19 heavy (non-hydrogen) atoms. The van der Waals surface area contributed by atoms with E-state index in [1.54, 1.807) is 30.3 Å². The minimum absolute atomic E-state index is 0.228. The minimum Gasteiger partial charge on any atom is -0.463 e. The standard InChI is InChI=1S/C12H10N4O2S/c1-16-6-8(5-13-16)11(17)15-12-14-9(7-19-12)10-3-2-4-18-10/h2-7H,1H3,(H,14,15,17). The summed E-state index contributed by atoms with van der Waals surface area (Å²) in [5.41, 5.74) is 1.20. The van der Waals surface area contributed by atoms with Gasteiger partial charge in [0, 0.05) is 18.6 Å². The number of nitrogens with zero attached hydrogens (tertiary/aromatic N) is 3.